The van der Waals surface area contributed by atoms with Crippen molar-refractivity contribution in [3.63, 3.8) is 0 Å². The zero-order chi connectivity index (χ0) is 13.1. The van der Waals surface area contributed by atoms with Gasteiger partial charge in [0.25, 0.3) is 5.69 Å². The molecule has 0 radical (unpaired) electrons. The highest BCUT2D eigenvalue weighted by molar-refractivity contribution is 5.90. The fourth-order valence-corrected chi connectivity index (χ4v) is 1.13. The van der Waals surface area contributed by atoms with Crippen molar-refractivity contribution in [3.8, 4) is 0 Å². The molecule has 0 amide bonds. The van der Waals surface area contributed by atoms with E-state index in [9.17, 15) is 14.9 Å². The van der Waals surface area contributed by atoms with Crippen LogP contribution in [0.1, 0.15) is 37.6 Å². The van der Waals surface area contributed by atoms with E-state index in [4.69, 9.17) is 4.74 Å². The minimum absolute atomic E-state index is 0.117. The second-order valence-corrected chi connectivity index (χ2v) is 4.31. The number of benzene rings is 1. The van der Waals surface area contributed by atoms with Gasteiger partial charge in [0.05, 0.1) is 10.5 Å². The van der Waals surface area contributed by atoms with Gasteiger partial charge >= 0.3 is 5.97 Å². The number of carbonyl (C=O) groups is 1. The number of hydrogen-bond acceptors (Lipinski definition) is 4. The van der Waals surface area contributed by atoms with Crippen LogP contribution in [0.15, 0.2) is 24.3 Å². The van der Waals surface area contributed by atoms with Gasteiger partial charge in [0, 0.05) is 12.1 Å². The van der Waals surface area contributed by atoms with E-state index in [1.54, 1.807) is 13.8 Å². The molecule has 92 valence electrons. The summed E-state index contributed by atoms with van der Waals surface area (Å²) in [4.78, 5) is 21.8. The molecule has 0 aliphatic carbocycles. The number of non-ortho nitro benzene ring substituents is 1. The van der Waals surface area contributed by atoms with Gasteiger partial charge in [0.15, 0.2) is 0 Å². The Morgan fingerprint density at radius 3 is 2.65 bits per heavy atom. The third kappa shape index (κ3) is 3.55. The molecular weight excluding hydrogens is 222 g/mol. The first-order chi connectivity index (χ1) is 7.85. The Hall–Kier alpha value is -1.91. The van der Waals surface area contributed by atoms with Crippen LogP contribution in [0.2, 0.25) is 0 Å². The van der Waals surface area contributed by atoms with Crippen LogP contribution in [-0.4, -0.2) is 16.5 Å². The predicted molar refractivity (Wildman–Crippen MR) is 62.9 cm³/mol. The maximum absolute atomic E-state index is 11.7. The lowest BCUT2D eigenvalue weighted by molar-refractivity contribution is -0.384. The van der Waals surface area contributed by atoms with Crippen molar-refractivity contribution in [1.82, 2.24) is 0 Å². The van der Waals surface area contributed by atoms with Crippen LogP contribution in [0.4, 0.5) is 5.69 Å². The van der Waals surface area contributed by atoms with Gasteiger partial charge in [-0.05, 0) is 26.3 Å². The Balaban J connectivity index is 2.90. The summed E-state index contributed by atoms with van der Waals surface area (Å²) in [6.07, 6.45) is 0.674. The number of hydrogen-bond donors (Lipinski definition) is 0. The average Bonchev–Trinajstić information content (AvgIpc) is 2.28. The maximum Gasteiger partial charge on any atom is 0.338 e. The van der Waals surface area contributed by atoms with Gasteiger partial charge in [0.2, 0.25) is 0 Å². The van der Waals surface area contributed by atoms with Gasteiger partial charge in [-0.15, -0.1) is 0 Å². The van der Waals surface area contributed by atoms with E-state index in [0.29, 0.717) is 6.42 Å². The monoisotopic (exact) mass is 237 g/mol. The molecule has 1 aromatic carbocycles. The fraction of sp³-hybridized carbons (Fsp3) is 0.417. The smallest absolute Gasteiger partial charge is 0.338 e. The van der Waals surface area contributed by atoms with E-state index in [0.717, 1.165) is 0 Å². The molecule has 17 heavy (non-hydrogen) atoms. The molecule has 0 saturated carbocycles. The lowest BCUT2D eigenvalue weighted by atomic mass is 10.1. The normalized spacial score (nSPS) is 11.0. The number of nitrogens with zero attached hydrogens (tertiary/aromatic N) is 1. The van der Waals surface area contributed by atoms with Crippen LogP contribution >= 0.6 is 0 Å². The van der Waals surface area contributed by atoms with Crippen molar-refractivity contribution in [2.75, 3.05) is 0 Å². The predicted octanol–water partition coefficient (Wildman–Crippen LogP) is 2.94. The van der Waals surface area contributed by atoms with Crippen LogP contribution < -0.4 is 0 Å². The Labute approximate surface area is 99.5 Å². The van der Waals surface area contributed by atoms with E-state index in [2.05, 4.69) is 0 Å². The standard InChI is InChI=1S/C12H15NO4/c1-4-12(2,3)17-11(14)9-6-5-7-10(8-9)13(15)16/h5-8H,4H2,1-3H3. The lowest BCUT2D eigenvalue weighted by Gasteiger charge is -2.23. The van der Waals surface area contributed by atoms with Crippen LogP contribution in [-0.2, 0) is 4.74 Å². The molecule has 0 heterocycles. The number of ether oxygens (including phenoxy) is 1. The van der Waals surface area contributed by atoms with E-state index in [1.807, 2.05) is 6.92 Å². The van der Waals surface area contributed by atoms with E-state index in [-0.39, 0.29) is 11.3 Å². The Morgan fingerprint density at radius 1 is 1.47 bits per heavy atom. The van der Waals surface area contributed by atoms with Gasteiger partial charge in [-0.3, -0.25) is 10.1 Å². The summed E-state index contributed by atoms with van der Waals surface area (Å²) < 4.78 is 5.25. The minimum atomic E-state index is -0.568. The van der Waals surface area contributed by atoms with Gasteiger partial charge in [0.1, 0.15) is 5.60 Å². The largest absolute Gasteiger partial charge is 0.456 e. The third-order valence-corrected chi connectivity index (χ3v) is 2.51. The number of esters is 1. The molecule has 0 bridgehead atoms. The van der Waals surface area contributed by atoms with E-state index < -0.39 is 16.5 Å². The molecule has 0 aliphatic rings. The van der Waals surface area contributed by atoms with Crippen LogP contribution in [0, 0.1) is 10.1 Å². The van der Waals surface area contributed by atoms with Crippen molar-refractivity contribution < 1.29 is 14.5 Å². The molecule has 0 unspecified atom stereocenters. The third-order valence-electron chi connectivity index (χ3n) is 2.51. The van der Waals surface area contributed by atoms with Crippen LogP contribution in [0.3, 0.4) is 0 Å². The Morgan fingerprint density at radius 2 is 2.12 bits per heavy atom. The van der Waals surface area contributed by atoms with Gasteiger partial charge in [-0.2, -0.15) is 0 Å². The number of nitro benzene ring substituents is 1. The molecule has 5 nitrogen and oxygen atoms in total. The molecule has 0 aliphatic heterocycles. The molecule has 1 aromatic rings. The molecule has 0 atom stereocenters. The van der Waals surface area contributed by atoms with Crippen molar-refractivity contribution in [1.29, 1.82) is 0 Å². The van der Waals surface area contributed by atoms with Crippen LogP contribution in [0.5, 0.6) is 0 Å². The van der Waals surface area contributed by atoms with Crippen LogP contribution in [0.25, 0.3) is 0 Å². The zero-order valence-electron chi connectivity index (χ0n) is 10.1. The first kappa shape index (κ1) is 13.2. The summed E-state index contributed by atoms with van der Waals surface area (Å²) in [6, 6.07) is 5.52. The highest BCUT2D eigenvalue weighted by Gasteiger charge is 2.22. The molecule has 0 fully saturated rings. The molecule has 0 saturated heterocycles. The number of rotatable bonds is 4. The van der Waals surface area contributed by atoms with Crippen molar-refractivity contribution >= 4 is 11.7 Å². The van der Waals surface area contributed by atoms with E-state index >= 15 is 0 Å². The average molecular weight is 237 g/mol. The molecular formula is C12H15NO4. The second kappa shape index (κ2) is 4.95. The molecule has 0 N–H and O–H groups in total. The Kier molecular flexibility index (Phi) is 3.83. The van der Waals surface area contributed by atoms with Gasteiger partial charge < -0.3 is 4.74 Å². The van der Waals surface area contributed by atoms with E-state index in [1.165, 1.54) is 24.3 Å². The summed E-state index contributed by atoms with van der Waals surface area (Å²) in [7, 11) is 0. The van der Waals surface area contributed by atoms with Gasteiger partial charge in [-0.1, -0.05) is 13.0 Å². The molecule has 5 heteroatoms. The highest BCUT2D eigenvalue weighted by Crippen LogP contribution is 2.19. The zero-order valence-corrected chi connectivity index (χ0v) is 10.1. The van der Waals surface area contributed by atoms with Gasteiger partial charge in [-0.25, -0.2) is 4.79 Å². The summed E-state index contributed by atoms with van der Waals surface area (Å²) in [5, 5.41) is 10.6. The molecule has 0 spiro atoms. The molecule has 0 aromatic heterocycles. The highest BCUT2D eigenvalue weighted by atomic mass is 16.6. The first-order valence-electron chi connectivity index (χ1n) is 5.33. The Bertz CT molecular complexity index is 440. The summed E-state index contributed by atoms with van der Waals surface area (Å²) in [5.41, 5.74) is -0.490. The SMILES string of the molecule is CCC(C)(C)OC(=O)c1cccc([N+](=O)[O-])c1. The quantitative estimate of drug-likeness (QED) is 0.458. The number of carbonyl (C=O) groups excluding carboxylic acids is 1. The van der Waals surface area contributed by atoms with Crippen molar-refractivity contribution in [2.24, 2.45) is 0 Å². The van der Waals surface area contributed by atoms with Crippen molar-refractivity contribution in [3.05, 3.63) is 39.9 Å². The minimum Gasteiger partial charge on any atom is -0.456 e. The number of nitro groups is 1. The summed E-state index contributed by atoms with van der Waals surface area (Å²) in [5.74, 6) is -0.541. The lowest BCUT2D eigenvalue weighted by Crippen LogP contribution is -2.27. The maximum atomic E-state index is 11.7. The summed E-state index contributed by atoms with van der Waals surface area (Å²) >= 11 is 0. The fourth-order valence-electron chi connectivity index (χ4n) is 1.13. The van der Waals surface area contributed by atoms with Crippen molar-refractivity contribution in [2.45, 2.75) is 32.8 Å². The topological polar surface area (TPSA) is 69.4 Å². The first-order valence-corrected chi connectivity index (χ1v) is 5.33. The summed E-state index contributed by atoms with van der Waals surface area (Å²) in [6.45, 7) is 5.49. The second-order valence-electron chi connectivity index (χ2n) is 4.31. The molecule has 1 rings (SSSR count).